The third-order valence-electron chi connectivity index (χ3n) is 5.88. The monoisotopic (exact) mass is 504 g/mol. The SMILES string of the molecule is Cc1c(C(=O)Nc2ccc(Oc3ccccc3)cc2)sc2ncn(CC(=O)N3CCOCC3)c(=O)c12. The van der Waals surface area contributed by atoms with Gasteiger partial charge in [-0.15, -0.1) is 11.3 Å². The molecule has 0 saturated carbocycles. The third kappa shape index (κ3) is 5.00. The van der Waals surface area contributed by atoms with Gasteiger partial charge in [-0.3, -0.25) is 19.0 Å². The second-order valence-corrected chi connectivity index (χ2v) is 9.30. The number of amides is 2. The van der Waals surface area contributed by atoms with E-state index in [1.54, 1.807) is 36.1 Å². The molecule has 0 unspecified atom stereocenters. The molecule has 184 valence electrons. The molecule has 0 radical (unpaired) electrons. The lowest BCUT2D eigenvalue weighted by atomic mass is 10.2. The molecule has 1 aliphatic heterocycles. The summed E-state index contributed by atoms with van der Waals surface area (Å²) in [5, 5.41) is 3.22. The van der Waals surface area contributed by atoms with Crippen molar-refractivity contribution in [3.05, 3.63) is 81.7 Å². The fourth-order valence-corrected chi connectivity index (χ4v) is 5.00. The fraction of sp³-hybridized carbons (Fsp3) is 0.231. The number of thiophene rings is 1. The first-order valence-electron chi connectivity index (χ1n) is 11.5. The highest BCUT2D eigenvalue weighted by Crippen LogP contribution is 2.28. The summed E-state index contributed by atoms with van der Waals surface area (Å²) < 4.78 is 12.4. The Labute approximate surface area is 210 Å². The molecule has 3 heterocycles. The van der Waals surface area contributed by atoms with Crippen molar-refractivity contribution in [1.29, 1.82) is 0 Å². The van der Waals surface area contributed by atoms with E-state index in [1.165, 1.54) is 10.9 Å². The number of fused-ring (bicyclic) bond motifs is 1. The van der Waals surface area contributed by atoms with E-state index in [4.69, 9.17) is 9.47 Å². The number of aryl methyl sites for hydroxylation is 1. The lowest BCUT2D eigenvalue weighted by Gasteiger charge is -2.26. The second kappa shape index (κ2) is 10.3. The molecule has 0 bridgehead atoms. The molecule has 5 rings (SSSR count). The Morgan fingerprint density at radius 3 is 2.47 bits per heavy atom. The van der Waals surface area contributed by atoms with Gasteiger partial charge in [0.15, 0.2) is 0 Å². The van der Waals surface area contributed by atoms with Gasteiger partial charge < -0.3 is 19.7 Å². The van der Waals surface area contributed by atoms with E-state index in [0.29, 0.717) is 58.4 Å². The van der Waals surface area contributed by atoms with Crippen molar-refractivity contribution in [3.8, 4) is 11.5 Å². The van der Waals surface area contributed by atoms with Crippen LogP contribution in [0, 0.1) is 6.92 Å². The number of hydrogen-bond donors (Lipinski definition) is 1. The fourth-order valence-electron chi connectivity index (χ4n) is 3.97. The van der Waals surface area contributed by atoms with Gasteiger partial charge in [0.25, 0.3) is 11.5 Å². The normalized spacial score (nSPS) is 13.5. The standard InChI is InChI=1S/C26H24N4O5S/c1-17-22-25(27-16-30(26(22)33)15-21(31)29-11-13-34-14-12-29)36-23(17)24(32)28-18-7-9-20(10-8-18)35-19-5-3-2-4-6-19/h2-10,16H,11-15H2,1H3,(H,28,32). The zero-order valence-electron chi connectivity index (χ0n) is 19.6. The summed E-state index contributed by atoms with van der Waals surface area (Å²) >= 11 is 1.15. The first kappa shape index (κ1) is 23.7. The number of hydrogen-bond acceptors (Lipinski definition) is 7. The average molecular weight is 505 g/mol. The number of nitrogens with zero attached hydrogens (tertiary/aromatic N) is 3. The Morgan fingerprint density at radius 2 is 1.75 bits per heavy atom. The highest BCUT2D eigenvalue weighted by Gasteiger charge is 2.22. The number of carbonyl (C=O) groups excluding carboxylic acids is 2. The summed E-state index contributed by atoms with van der Waals surface area (Å²) in [7, 11) is 0. The number of nitrogens with one attached hydrogen (secondary N) is 1. The molecule has 0 spiro atoms. The molecule has 1 saturated heterocycles. The van der Waals surface area contributed by atoms with Crippen LogP contribution in [-0.4, -0.2) is 52.6 Å². The lowest BCUT2D eigenvalue weighted by Crippen LogP contribution is -2.43. The molecule has 9 nitrogen and oxygen atoms in total. The summed E-state index contributed by atoms with van der Waals surface area (Å²) in [6.45, 7) is 3.61. The number of aromatic nitrogens is 2. The smallest absolute Gasteiger partial charge is 0.266 e. The first-order chi connectivity index (χ1) is 17.5. The molecule has 1 fully saturated rings. The molecule has 2 aromatic heterocycles. The minimum Gasteiger partial charge on any atom is -0.457 e. The van der Waals surface area contributed by atoms with Crippen LogP contribution in [0.2, 0.25) is 0 Å². The molecule has 2 aromatic carbocycles. The van der Waals surface area contributed by atoms with Crippen molar-refractivity contribution >= 4 is 39.1 Å². The maximum Gasteiger partial charge on any atom is 0.266 e. The molecule has 1 aliphatic rings. The molecular formula is C26H24N4O5S. The van der Waals surface area contributed by atoms with Gasteiger partial charge in [0.2, 0.25) is 5.91 Å². The summed E-state index contributed by atoms with van der Waals surface area (Å²) in [5.41, 5.74) is 0.803. The molecular weight excluding hydrogens is 480 g/mol. The number of anilines is 1. The van der Waals surface area contributed by atoms with Crippen LogP contribution in [0.25, 0.3) is 10.2 Å². The molecule has 36 heavy (non-hydrogen) atoms. The van der Waals surface area contributed by atoms with Crippen LogP contribution in [-0.2, 0) is 16.1 Å². The Balaban J connectivity index is 1.31. The van der Waals surface area contributed by atoms with Crippen LogP contribution in [0.4, 0.5) is 5.69 Å². The van der Waals surface area contributed by atoms with Gasteiger partial charge in [0.05, 0.1) is 29.8 Å². The van der Waals surface area contributed by atoms with E-state index in [0.717, 1.165) is 17.1 Å². The van der Waals surface area contributed by atoms with Crippen LogP contribution in [0.5, 0.6) is 11.5 Å². The Morgan fingerprint density at radius 1 is 1.06 bits per heavy atom. The van der Waals surface area contributed by atoms with Gasteiger partial charge >= 0.3 is 0 Å². The van der Waals surface area contributed by atoms with Crippen molar-refractivity contribution in [2.24, 2.45) is 0 Å². The summed E-state index contributed by atoms with van der Waals surface area (Å²) in [4.78, 5) is 45.6. The van der Waals surface area contributed by atoms with Crippen molar-refractivity contribution < 1.29 is 19.1 Å². The number of para-hydroxylation sites is 1. The highest BCUT2D eigenvalue weighted by molar-refractivity contribution is 7.20. The van der Waals surface area contributed by atoms with Crippen molar-refractivity contribution in [2.75, 3.05) is 31.6 Å². The zero-order valence-corrected chi connectivity index (χ0v) is 20.4. The van der Waals surface area contributed by atoms with Gasteiger partial charge in [-0.25, -0.2) is 4.98 Å². The summed E-state index contributed by atoms with van der Waals surface area (Å²) in [5.74, 6) is 0.878. The number of morpholine rings is 1. The van der Waals surface area contributed by atoms with Crippen molar-refractivity contribution in [2.45, 2.75) is 13.5 Å². The molecule has 2 amide bonds. The predicted molar refractivity (Wildman–Crippen MR) is 137 cm³/mol. The van der Waals surface area contributed by atoms with Crippen molar-refractivity contribution in [3.63, 3.8) is 0 Å². The highest BCUT2D eigenvalue weighted by atomic mass is 32.1. The third-order valence-corrected chi connectivity index (χ3v) is 7.08. The topological polar surface area (TPSA) is 103 Å². The van der Waals surface area contributed by atoms with Gasteiger partial charge in [-0.05, 0) is 48.9 Å². The quantitative estimate of drug-likeness (QED) is 0.430. The van der Waals surface area contributed by atoms with E-state index in [9.17, 15) is 14.4 Å². The van der Waals surface area contributed by atoms with E-state index in [1.807, 2.05) is 30.3 Å². The molecule has 1 N–H and O–H groups in total. The number of benzene rings is 2. The minimum atomic E-state index is -0.336. The number of rotatable bonds is 6. The van der Waals surface area contributed by atoms with Crippen LogP contribution in [0.1, 0.15) is 15.2 Å². The molecule has 0 atom stereocenters. The van der Waals surface area contributed by atoms with Gasteiger partial charge in [-0.2, -0.15) is 0 Å². The van der Waals surface area contributed by atoms with E-state index >= 15 is 0 Å². The second-order valence-electron chi connectivity index (χ2n) is 8.30. The maximum absolute atomic E-state index is 13.1. The van der Waals surface area contributed by atoms with Crippen molar-refractivity contribution in [1.82, 2.24) is 14.5 Å². The predicted octanol–water partition coefficient (Wildman–Crippen LogP) is 3.67. The van der Waals surface area contributed by atoms with Gasteiger partial charge in [0.1, 0.15) is 22.9 Å². The maximum atomic E-state index is 13.1. The van der Waals surface area contributed by atoms with E-state index < -0.39 is 0 Å². The van der Waals surface area contributed by atoms with Gasteiger partial charge in [-0.1, -0.05) is 18.2 Å². The first-order valence-corrected chi connectivity index (χ1v) is 12.3. The van der Waals surface area contributed by atoms with Crippen LogP contribution >= 0.6 is 11.3 Å². The number of ether oxygens (including phenoxy) is 2. The Bertz CT molecular complexity index is 1460. The van der Waals surface area contributed by atoms with Crippen LogP contribution in [0.3, 0.4) is 0 Å². The summed E-state index contributed by atoms with van der Waals surface area (Å²) in [6.07, 6.45) is 1.37. The van der Waals surface area contributed by atoms with E-state index in [2.05, 4.69) is 10.3 Å². The minimum absolute atomic E-state index is 0.101. The Kier molecular flexibility index (Phi) is 6.79. The average Bonchev–Trinajstić information content (AvgIpc) is 3.25. The summed E-state index contributed by atoms with van der Waals surface area (Å²) in [6, 6.07) is 16.5. The molecule has 10 heteroatoms. The number of carbonyl (C=O) groups is 2. The van der Waals surface area contributed by atoms with E-state index in [-0.39, 0.29) is 23.9 Å². The van der Waals surface area contributed by atoms with Crippen LogP contribution in [0.15, 0.2) is 65.7 Å². The van der Waals surface area contributed by atoms with Gasteiger partial charge in [0, 0.05) is 18.8 Å². The molecule has 0 aliphatic carbocycles. The lowest BCUT2D eigenvalue weighted by molar-refractivity contribution is -0.135. The largest absolute Gasteiger partial charge is 0.457 e. The zero-order chi connectivity index (χ0) is 25.1. The molecule has 4 aromatic rings. The van der Waals surface area contributed by atoms with Crippen LogP contribution < -0.4 is 15.6 Å². The Hall–Kier alpha value is -4.02.